The van der Waals surface area contributed by atoms with Crippen molar-refractivity contribution in [1.29, 1.82) is 0 Å². The molecule has 0 saturated heterocycles. The van der Waals surface area contributed by atoms with Gasteiger partial charge in [-0.15, -0.1) is 0 Å². The fourth-order valence-corrected chi connectivity index (χ4v) is 2.80. The third-order valence-corrected chi connectivity index (χ3v) is 4.13. The van der Waals surface area contributed by atoms with Crippen LogP contribution >= 0.6 is 0 Å². The summed E-state index contributed by atoms with van der Waals surface area (Å²) >= 11 is 0. The lowest BCUT2D eigenvalue weighted by Crippen LogP contribution is -2.42. The minimum Gasteiger partial charge on any atom is -0.267 e. The van der Waals surface area contributed by atoms with E-state index in [4.69, 9.17) is 0 Å². The molecule has 9 heteroatoms. The summed E-state index contributed by atoms with van der Waals surface area (Å²) in [4.78, 5) is 35.0. The van der Waals surface area contributed by atoms with Gasteiger partial charge in [-0.1, -0.05) is 24.3 Å². The first-order chi connectivity index (χ1) is 13.4. The van der Waals surface area contributed by atoms with Gasteiger partial charge in [0.25, 0.3) is 17.5 Å². The molecule has 0 aliphatic carbocycles. The van der Waals surface area contributed by atoms with Crippen LogP contribution in [0.5, 0.6) is 0 Å². The van der Waals surface area contributed by atoms with Crippen molar-refractivity contribution < 1.29 is 14.5 Å². The molecule has 0 unspecified atom stereocenters. The Balaban J connectivity index is 1.75. The normalized spacial score (nSPS) is 10.4. The first-order valence-corrected chi connectivity index (χ1v) is 8.35. The summed E-state index contributed by atoms with van der Waals surface area (Å²) in [6.07, 6.45) is 0. The standard InChI is InChI=1S/C19H17N5O4/c1-12-17(13(2)23(22-12)15-8-4-3-5-9-15)19(26)21-20-18(25)14-7-6-10-16(11-14)24(27)28/h3-11H,1-2H3,(H,20,25)(H,21,26). The van der Waals surface area contributed by atoms with E-state index in [1.54, 1.807) is 18.5 Å². The molecule has 0 bridgehead atoms. The number of aryl methyl sites for hydroxylation is 1. The van der Waals surface area contributed by atoms with Crippen LogP contribution in [-0.4, -0.2) is 26.5 Å². The van der Waals surface area contributed by atoms with Gasteiger partial charge in [-0.05, 0) is 32.0 Å². The highest BCUT2D eigenvalue weighted by Crippen LogP contribution is 2.17. The van der Waals surface area contributed by atoms with Gasteiger partial charge in [0.05, 0.1) is 27.6 Å². The number of amides is 2. The molecular formula is C19H17N5O4. The van der Waals surface area contributed by atoms with Crippen LogP contribution in [-0.2, 0) is 0 Å². The predicted molar refractivity (Wildman–Crippen MR) is 101 cm³/mol. The van der Waals surface area contributed by atoms with Crippen LogP contribution in [0.1, 0.15) is 32.1 Å². The number of nitrogens with zero attached hydrogens (tertiary/aromatic N) is 3. The zero-order valence-corrected chi connectivity index (χ0v) is 15.2. The lowest BCUT2D eigenvalue weighted by molar-refractivity contribution is -0.384. The van der Waals surface area contributed by atoms with Crippen molar-refractivity contribution in [3.05, 3.63) is 87.2 Å². The second-order valence-electron chi connectivity index (χ2n) is 6.01. The number of nitro benzene ring substituents is 1. The minimum absolute atomic E-state index is 0.0583. The molecule has 3 aromatic rings. The van der Waals surface area contributed by atoms with Gasteiger partial charge in [0, 0.05) is 17.7 Å². The number of hydrazine groups is 1. The number of hydrogen-bond donors (Lipinski definition) is 2. The van der Waals surface area contributed by atoms with Crippen LogP contribution < -0.4 is 10.9 Å². The van der Waals surface area contributed by atoms with Crippen molar-refractivity contribution >= 4 is 17.5 Å². The van der Waals surface area contributed by atoms with Gasteiger partial charge in [-0.2, -0.15) is 5.10 Å². The average Bonchev–Trinajstić information content (AvgIpc) is 3.00. The Kier molecular flexibility index (Phi) is 5.16. The highest BCUT2D eigenvalue weighted by atomic mass is 16.6. The number of aromatic nitrogens is 2. The summed E-state index contributed by atoms with van der Waals surface area (Å²) < 4.78 is 1.65. The lowest BCUT2D eigenvalue weighted by atomic mass is 10.2. The second-order valence-corrected chi connectivity index (χ2v) is 6.01. The molecular weight excluding hydrogens is 362 g/mol. The predicted octanol–water partition coefficient (Wildman–Crippen LogP) is 2.47. The molecule has 2 N–H and O–H groups in total. The van der Waals surface area contributed by atoms with E-state index < -0.39 is 16.7 Å². The highest BCUT2D eigenvalue weighted by Gasteiger charge is 2.20. The van der Waals surface area contributed by atoms with E-state index in [0.717, 1.165) is 11.8 Å². The molecule has 1 heterocycles. The number of nitrogens with one attached hydrogen (secondary N) is 2. The minimum atomic E-state index is -0.664. The Labute approximate surface area is 160 Å². The maximum absolute atomic E-state index is 12.6. The zero-order chi connectivity index (χ0) is 20.3. The van der Waals surface area contributed by atoms with Gasteiger partial charge in [-0.3, -0.25) is 30.6 Å². The Hall–Kier alpha value is -4.01. The van der Waals surface area contributed by atoms with Gasteiger partial charge in [0.2, 0.25) is 0 Å². The third kappa shape index (κ3) is 3.73. The van der Waals surface area contributed by atoms with Crippen molar-refractivity contribution in [2.24, 2.45) is 0 Å². The number of para-hydroxylation sites is 1. The van der Waals surface area contributed by atoms with Crippen molar-refractivity contribution in [1.82, 2.24) is 20.6 Å². The molecule has 0 aliphatic rings. The molecule has 142 valence electrons. The maximum atomic E-state index is 12.6. The summed E-state index contributed by atoms with van der Waals surface area (Å²) in [5.74, 6) is -1.20. The molecule has 1 aromatic heterocycles. The fourth-order valence-electron chi connectivity index (χ4n) is 2.80. The molecule has 0 radical (unpaired) electrons. The van der Waals surface area contributed by atoms with Crippen LogP contribution in [0.4, 0.5) is 5.69 Å². The van der Waals surface area contributed by atoms with E-state index >= 15 is 0 Å². The summed E-state index contributed by atoms with van der Waals surface area (Å²) in [6.45, 7) is 3.45. The third-order valence-electron chi connectivity index (χ3n) is 4.13. The Morgan fingerprint density at radius 3 is 2.36 bits per heavy atom. The van der Waals surface area contributed by atoms with E-state index in [2.05, 4.69) is 16.0 Å². The maximum Gasteiger partial charge on any atom is 0.273 e. The Bertz CT molecular complexity index is 1060. The molecule has 9 nitrogen and oxygen atoms in total. The molecule has 0 atom stereocenters. The zero-order valence-electron chi connectivity index (χ0n) is 15.2. The second kappa shape index (κ2) is 7.70. The van der Waals surface area contributed by atoms with Crippen molar-refractivity contribution in [2.45, 2.75) is 13.8 Å². The first kappa shape index (κ1) is 18.8. The van der Waals surface area contributed by atoms with Crippen molar-refractivity contribution in [2.75, 3.05) is 0 Å². The van der Waals surface area contributed by atoms with E-state index in [1.165, 1.54) is 18.2 Å². The largest absolute Gasteiger partial charge is 0.273 e. The van der Waals surface area contributed by atoms with Gasteiger partial charge in [-0.25, -0.2) is 4.68 Å². The molecule has 0 fully saturated rings. The summed E-state index contributed by atoms with van der Waals surface area (Å²) in [7, 11) is 0. The molecule has 2 amide bonds. The van der Waals surface area contributed by atoms with Crippen molar-refractivity contribution in [3.63, 3.8) is 0 Å². The monoisotopic (exact) mass is 379 g/mol. The number of carbonyl (C=O) groups excluding carboxylic acids is 2. The lowest BCUT2D eigenvalue weighted by Gasteiger charge is -2.08. The van der Waals surface area contributed by atoms with E-state index in [1.807, 2.05) is 30.3 Å². The van der Waals surface area contributed by atoms with Crippen LogP contribution in [0.3, 0.4) is 0 Å². The SMILES string of the molecule is Cc1nn(-c2ccccc2)c(C)c1C(=O)NNC(=O)c1cccc([N+](=O)[O-])c1. The molecule has 0 saturated carbocycles. The number of carbonyl (C=O) groups is 2. The molecule has 2 aromatic carbocycles. The fraction of sp³-hybridized carbons (Fsp3) is 0.105. The van der Waals surface area contributed by atoms with Gasteiger partial charge >= 0.3 is 0 Å². The van der Waals surface area contributed by atoms with E-state index in [-0.39, 0.29) is 11.3 Å². The van der Waals surface area contributed by atoms with E-state index in [0.29, 0.717) is 17.0 Å². The van der Waals surface area contributed by atoms with Crippen LogP contribution in [0, 0.1) is 24.0 Å². The Morgan fingerprint density at radius 2 is 1.68 bits per heavy atom. The van der Waals surface area contributed by atoms with Crippen LogP contribution in [0.15, 0.2) is 54.6 Å². The highest BCUT2D eigenvalue weighted by molar-refractivity contribution is 6.00. The summed E-state index contributed by atoms with van der Waals surface area (Å²) in [5, 5.41) is 15.2. The average molecular weight is 379 g/mol. The smallest absolute Gasteiger partial charge is 0.267 e. The molecule has 28 heavy (non-hydrogen) atoms. The quantitative estimate of drug-likeness (QED) is 0.533. The number of nitro groups is 1. The van der Waals surface area contributed by atoms with Gasteiger partial charge in [0.1, 0.15) is 0 Å². The van der Waals surface area contributed by atoms with Gasteiger partial charge < -0.3 is 0 Å². The molecule has 0 aliphatic heterocycles. The molecule has 3 rings (SSSR count). The summed E-state index contributed by atoms with van der Waals surface area (Å²) in [6, 6.07) is 14.6. The van der Waals surface area contributed by atoms with Crippen molar-refractivity contribution in [3.8, 4) is 5.69 Å². The topological polar surface area (TPSA) is 119 Å². The first-order valence-electron chi connectivity index (χ1n) is 8.35. The Morgan fingerprint density at radius 1 is 1.00 bits per heavy atom. The summed E-state index contributed by atoms with van der Waals surface area (Å²) in [5.41, 5.74) is 6.71. The molecule has 0 spiro atoms. The number of hydrogen-bond acceptors (Lipinski definition) is 5. The van der Waals surface area contributed by atoms with Gasteiger partial charge in [0.15, 0.2) is 0 Å². The van der Waals surface area contributed by atoms with Crippen LogP contribution in [0.2, 0.25) is 0 Å². The number of benzene rings is 2. The van der Waals surface area contributed by atoms with Crippen LogP contribution in [0.25, 0.3) is 5.69 Å². The number of rotatable bonds is 4. The van der Waals surface area contributed by atoms with E-state index in [9.17, 15) is 19.7 Å². The number of non-ortho nitro benzene ring substituents is 1.